The van der Waals surface area contributed by atoms with E-state index in [0.29, 0.717) is 6.08 Å². The van der Waals surface area contributed by atoms with Crippen LogP contribution in [0.3, 0.4) is 0 Å². The van der Waals surface area contributed by atoms with Gasteiger partial charge < -0.3 is 10.4 Å². The van der Waals surface area contributed by atoms with E-state index in [4.69, 9.17) is 0 Å². The third-order valence-electron chi connectivity index (χ3n) is 2.56. The number of rotatable bonds is 1. The van der Waals surface area contributed by atoms with E-state index < -0.39 is 40.7 Å². The Kier molecular flexibility index (Phi) is 3.09. The first-order valence-electron chi connectivity index (χ1n) is 5.22. The number of benzene rings is 1. The molecule has 0 aliphatic heterocycles. The number of carbonyl (C=O) groups is 3. The lowest BCUT2D eigenvalue weighted by Gasteiger charge is -2.17. The molecule has 0 heterocycles. The molecule has 5 nitrogen and oxygen atoms in total. The van der Waals surface area contributed by atoms with Crippen molar-refractivity contribution in [3.8, 4) is 0 Å². The molecule has 0 atom stereocenters. The average molecular weight is 285 g/mol. The molecular formula is C12H6F3NO4. The lowest BCUT2D eigenvalue weighted by atomic mass is 9.92. The number of nitrogens with one attached hydrogen (secondary N) is 1. The fourth-order valence-electron chi connectivity index (χ4n) is 1.70. The SMILES string of the molecule is O=C1C=C(O)c2cccc(NC(=O)C(F)(F)F)c2C1=O. The number of allylic oxidation sites excluding steroid dienone is 1. The van der Waals surface area contributed by atoms with Crippen LogP contribution in [0.25, 0.3) is 5.76 Å². The molecule has 0 saturated carbocycles. The number of Topliss-reactive ketones (excluding diaryl/α,β-unsaturated/α-hetero) is 1. The third-order valence-corrected chi connectivity index (χ3v) is 2.56. The Bertz CT molecular complexity index is 661. The fourth-order valence-corrected chi connectivity index (χ4v) is 1.70. The minimum absolute atomic E-state index is 0.116. The molecule has 1 aromatic carbocycles. The summed E-state index contributed by atoms with van der Waals surface area (Å²) in [6.45, 7) is 0. The van der Waals surface area contributed by atoms with Crippen molar-refractivity contribution in [3.05, 3.63) is 35.4 Å². The Hall–Kier alpha value is -2.64. The number of halogens is 3. The van der Waals surface area contributed by atoms with E-state index in [1.54, 1.807) is 0 Å². The zero-order chi connectivity index (χ0) is 15.1. The lowest BCUT2D eigenvalue weighted by molar-refractivity contribution is -0.167. The van der Waals surface area contributed by atoms with E-state index in [0.717, 1.165) is 6.07 Å². The number of ketones is 2. The maximum atomic E-state index is 12.2. The summed E-state index contributed by atoms with van der Waals surface area (Å²) in [5.41, 5.74) is -1.06. The molecule has 104 valence electrons. The molecule has 2 N–H and O–H groups in total. The third kappa shape index (κ3) is 2.27. The van der Waals surface area contributed by atoms with E-state index in [1.165, 1.54) is 17.4 Å². The molecular weight excluding hydrogens is 279 g/mol. The van der Waals surface area contributed by atoms with Crippen molar-refractivity contribution in [2.24, 2.45) is 0 Å². The number of hydrogen-bond acceptors (Lipinski definition) is 4. The second-order valence-electron chi connectivity index (χ2n) is 3.90. The summed E-state index contributed by atoms with van der Waals surface area (Å²) in [5.74, 6) is -5.01. The van der Waals surface area contributed by atoms with Crippen LogP contribution in [0.5, 0.6) is 0 Å². The van der Waals surface area contributed by atoms with Crippen LogP contribution >= 0.6 is 0 Å². The Morgan fingerprint density at radius 1 is 1.20 bits per heavy atom. The van der Waals surface area contributed by atoms with Crippen LogP contribution in [-0.2, 0) is 9.59 Å². The fraction of sp³-hybridized carbons (Fsp3) is 0.0833. The topological polar surface area (TPSA) is 83.5 Å². The Balaban J connectivity index is 2.51. The lowest BCUT2D eigenvalue weighted by Crippen LogP contribution is -2.31. The first-order valence-corrected chi connectivity index (χ1v) is 5.22. The summed E-state index contributed by atoms with van der Waals surface area (Å²) in [4.78, 5) is 33.8. The molecule has 8 heteroatoms. The van der Waals surface area contributed by atoms with Crippen LogP contribution in [0.2, 0.25) is 0 Å². The van der Waals surface area contributed by atoms with Crippen molar-refractivity contribution in [1.82, 2.24) is 0 Å². The molecule has 0 radical (unpaired) electrons. The highest BCUT2D eigenvalue weighted by Gasteiger charge is 2.40. The van der Waals surface area contributed by atoms with Crippen molar-refractivity contribution in [3.63, 3.8) is 0 Å². The normalized spacial score (nSPS) is 14.7. The number of aliphatic hydroxyl groups is 1. The number of amides is 1. The predicted octanol–water partition coefficient (Wildman–Crippen LogP) is 1.85. The molecule has 0 fully saturated rings. The summed E-state index contributed by atoms with van der Waals surface area (Å²) in [7, 11) is 0. The van der Waals surface area contributed by atoms with Gasteiger partial charge >= 0.3 is 12.1 Å². The van der Waals surface area contributed by atoms with Crippen molar-refractivity contribution < 1.29 is 32.7 Å². The van der Waals surface area contributed by atoms with Gasteiger partial charge in [0.25, 0.3) is 0 Å². The maximum Gasteiger partial charge on any atom is 0.471 e. The van der Waals surface area contributed by atoms with E-state index in [-0.39, 0.29) is 5.56 Å². The highest BCUT2D eigenvalue weighted by atomic mass is 19.4. The first kappa shape index (κ1) is 13.8. The Morgan fingerprint density at radius 3 is 2.45 bits per heavy atom. The van der Waals surface area contributed by atoms with Crippen LogP contribution in [0.15, 0.2) is 24.3 Å². The van der Waals surface area contributed by atoms with Gasteiger partial charge in [-0.1, -0.05) is 12.1 Å². The van der Waals surface area contributed by atoms with E-state index >= 15 is 0 Å². The first-order chi connectivity index (χ1) is 9.21. The number of anilines is 1. The summed E-state index contributed by atoms with van der Waals surface area (Å²) >= 11 is 0. The Morgan fingerprint density at radius 2 is 1.85 bits per heavy atom. The van der Waals surface area contributed by atoms with Gasteiger partial charge in [-0.3, -0.25) is 14.4 Å². The van der Waals surface area contributed by atoms with Gasteiger partial charge in [-0.25, -0.2) is 0 Å². The van der Waals surface area contributed by atoms with Gasteiger partial charge in [-0.05, 0) is 6.07 Å². The molecule has 0 bridgehead atoms. The quantitative estimate of drug-likeness (QED) is 0.771. The molecule has 0 unspecified atom stereocenters. The second kappa shape index (κ2) is 4.48. The van der Waals surface area contributed by atoms with E-state index in [1.807, 2.05) is 0 Å². The van der Waals surface area contributed by atoms with Gasteiger partial charge in [-0.2, -0.15) is 13.2 Å². The van der Waals surface area contributed by atoms with Crippen LogP contribution in [0, 0.1) is 0 Å². The van der Waals surface area contributed by atoms with Gasteiger partial charge in [-0.15, -0.1) is 0 Å². The highest BCUT2D eigenvalue weighted by molar-refractivity contribution is 6.51. The molecule has 1 aliphatic carbocycles. The standard InChI is InChI=1S/C12H6F3NO4/c13-12(14,15)11(20)16-6-3-1-2-5-7(17)4-8(18)10(19)9(5)6/h1-4,17H,(H,16,20). The van der Waals surface area contributed by atoms with Gasteiger partial charge in [0.15, 0.2) is 0 Å². The molecule has 20 heavy (non-hydrogen) atoms. The molecule has 0 spiro atoms. The molecule has 1 aliphatic rings. The molecule has 2 rings (SSSR count). The minimum atomic E-state index is -5.14. The van der Waals surface area contributed by atoms with Gasteiger partial charge in [0.05, 0.1) is 11.3 Å². The smallest absolute Gasteiger partial charge is 0.471 e. The molecule has 0 aromatic heterocycles. The van der Waals surface area contributed by atoms with E-state index in [2.05, 4.69) is 0 Å². The van der Waals surface area contributed by atoms with Gasteiger partial charge in [0, 0.05) is 11.6 Å². The van der Waals surface area contributed by atoms with Crippen molar-refractivity contribution in [2.75, 3.05) is 5.32 Å². The van der Waals surface area contributed by atoms with E-state index in [9.17, 15) is 32.7 Å². The summed E-state index contributed by atoms with van der Waals surface area (Å²) < 4.78 is 36.6. The number of alkyl halides is 3. The van der Waals surface area contributed by atoms with Gasteiger partial charge in [0.1, 0.15) is 5.76 Å². The largest absolute Gasteiger partial charge is 0.507 e. The maximum absolute atomic E-state index is 12.2. The Labute approximate surface area is 109 Å². The summed E-state index contributed by atoms with van der Waals surface area (Å²) in [6, 6.07) is 3.51. The average Bonchev–Trinajstić information content (AvgIpc) is 2.35. The second-order valence-corrected chi connectivity index (χ2v) is 3.90. The monoisotopic (exact) mass is 285 g/mol. The minimum Gasteiger partial charge on any atom is -0.507 e. The van der Waals surface area contributed by atoms with Gasteiger partial charge in [0.2, 0.25) is 11.6 Å². The zero-order valence-electron chi connectivity index (χ0n) is 9.62. The highest BCUT2D eigenvalue weighted by Crippen LogP contribution is 2.30. The number of hydrogen-bond donors (Lipinski definition) is 2. The zero-order valence-corrected chi connectivity index (χ0v) is 9.62. The number of carbonyl (C=O) groups excluding carboxylic acids is 3. The van der Waals surface area contributed by atoms with Crippen molar-refractivity contribution in [2.45, 2.75) is 6.18 Å². The van der Waals surface area contributed by atoms with Crippen LogP contribution in [0.4, 0.5) is 18.9 Å². The molecule has 1 amide bonds. The van der Waals surface area contributed by atoms with Crippen molar-refractivity contribution >= 4 is 28.9 Å². The summed E-state index contributed by atoms with van der Waals surface area (Å²) in [6.07, 6.45) is -4.47. The van der Waals surface area contributed by atoms with Crippen molar-refractivity contribution in [1.29, 1.82) is 0 Å². The molecule has 0 saturated heterocycles. The number of aliphatic hydroxyl groups excluding tert-OH is 1. The van der Waals surface area contributed by atoms with Crippen LogP contribution < -0.4 is 5.32 Å². The predicted molar refractivity (Wildman–Crippen MR) is 61.1 cm³/mol. The number of fused-ring (bicyclic) bond motifs is 1. The van der Waals surface area contributed by atoms with Crippen LogP contribution in [0.1, 0.15) is 15.9 Å². The van der Waals surface area contributed by atoms with Crippen LogP contribution in [-0.4, -0.2) is 28.8 Å². The summed E-state index contributed by atoms with van der Waals surface area (Å²) in [5, 5.41) is 11.0. The molecule has 1 aromatic rings.